The molecule has 7 heteroatoms. The van der Waals surface area contributed by atoms with Crippen LogP contribution in [0.25, 0.3) is 11.0 Å². The van der Waals surface area contributed by atoms with Crippen molar-refractivity contribution < 1.29 is 18.1 Å². The highest BCUT2D eigenvalue weighted by Crippen LogP contribution is 2.24. The fraction of sp³-hybridized carbons (Fsp3) is 0.263. The first-order valence-electron chi connectivity index (χ1n) is 8.43. The van der Waals surface area contributed by atoms with Crippen molar-refractivity contribution in [3.63, 3.8) is 0 Å². The van der Waals surface area contributed by atoms with Crippen molar-refractivity contribution in [2.75, 3.05) is 18.0 Å². The van der Waals surface area contributed by atoms with Crippen LogP contribution in [0.5, 0.6) is 0 Å². The van der Waals surface area contributed by atoms with Gasteiger partial charge in [-0.3, -0.25) is 4.79 Å². The molecule has 3 aromatic rings. The second-order valence-corrected chi connectivity index (χ2v) is 6.40. The number of carbonyl (C=O) groups excluding carboxylic acids is 1. The standard InChI is InChI=1S/C19H17F2N3O2/c20-12-5-6-18-14(9-12)16(23-26-18)10-19(25)22-13-7-8-24(11-13)17-4-2-1-3-15(17)21/h1-6,9,13H,7-8,10-11H2,(H,22,25). The fourth-order valence-electron chi connectivity index (χ4n) is 3.32. The van der Waals surface area contributed by atoms with E-state index < -0.39 is 5.82 Å². The van der Waals surface area contributed by atoms with E-state index in [4.69, 9.17) is 4.52 Å². The molecule has 1 N–H and O–H groups in total. The average Bonchev–Trinajstić information content (AvgIpc) is 3.23. The molecule has 134 valence electrons. The topological polar surface area (TPSA) is 58.4 Å². The maximum Gasteiger partial charge on any atom is 0.226 e. The Hall–Kier alpha value is -2.96. The molecule has 2 heterocycles. The number of benzene rings is 2. The molecule has 0 bridgehead atoms. The summed E-state index contributed by atoms with van der Waals surface area (Å²) in [5.41, 5.74) is 1.39. The lowest BCUT2D eigenvalue weighted by Crippen LogP contribution is -2.38. The number of nitrogens with zero attached hydrogens (tertiary/aromatic N) is 2. The van der Waals surface area contributed by atoms with Crippen LogP contribution < -0.4 is 10.2 Å². The van der Waals surface area contributed by atoms with Gasteiger partial charge < -0.3 is 14.7 Å². The number of hydrogen-bond acceptors (Lipinski definition) is 4. The molecule has 1 atom stereocenters. The lowest BCUT2D eigenvalue weighted by atomic mass is 10.1. The minimum atomic E-state index is -0.404. The number of nitrogens with one attached hydrogen (secondary N) is 1. The van der Waals surface area contributed by atoms with E-state index in [-0.39, 0.29) is 24.2 Å². The summed E-state index contributed by atoms with van der Waals surface area (Å²) in [5, 5.41) is 7.30. The van der Waals surface area contributed by atoms with E-state index in [2.05, 4.69) is 10.5 Å². The third-order valence-electron chi connectivity index (χ3n) is 4.58. The Labute approximate surface area is 148 Å². The highest BCUT2D eigenvalue weighted by molar-refractivity contribution is 5.86. The van der Waals surface area contributed by atoms with Gasteiger partial charge in [0.1, 0.15) is 17.3 Å². The van der Waals surface area contributed by atoms with Gasteiger partial charge in [0, 0.05) is 24.5 Å². The Balaban J connectivity index is 1.39. The molecular weight excluding hydrogens is 340 g/mol. The van der Waals surface area contributed by atoms with E-state index in [0.29, 0.717) is 35.4 Å². The summed E-state index contributed by atoms with van der Waals surface area (Å²) in [6, 6.07) is 10.6. The fourth-order valence-corrected chi connectivity index (χ4v) is 3.32. The molecule has 0 saturated carbocycles. The van der Waals surface area contributed by atoms with Gasteiger partial charge in [0.15, 0.2) is 5.58 Å². The van der Waals surface area contributed by atoms with E-state index >= 15 is 0 Å². The highest BCUT2D eigenvalue weighted by Gasteiger charge is 2.26. The normalized spacial score (nSPS) is 17.0. The second kappa shape index (κ2) is 6.74. The summed E-state index contributed by atoms with van der Waals surface area (Å²) >= 11 is 0. The van der Waals surface area contributed by atoms with Crippen LogP contribution in [-0.2, 0) is 11.2 Å². The average molecular weight is 357 g/mol. The first-order valence-corrected chi connectivity index (χ1v) is 8.43. The van der Waals surface area contributed by atoms with Crippen molar-refractivity contribution in [3.05, 3.63) is 59.8 Å². The van der Waals surface area contributed by atoms with Gasteiger partial charge in [0.05, 0.1) is 12.1 Å². The van der Waals surface area contributed by atoms with Crippen LogP contribution >= 0.6 is 0 Å². The lowest BCUT2D eigenvalue weighted by molar-refractivity contribution is -0.121. The smallest absolute Gasteiger partial charge is 0.226 e. The van der Waals surface area contributed by atoms with Gasteiger partial charge in [-0.05, 0) is 36.8 Å². The predicted molar refractivity (Wildman–Crippen MR) is 92.8 cm³/mol. The van der Waals surface area contributed by atoms with Crippen molar-refractivity contribution in [1.29, 1.82) is 0 Å². The molecule has 1 unspecified atom stereocenters. The Morgan fingerprint density at radius 1 is 1.27 bits per heavy atom. The van der Waals surface area contributed by atoms with Gasteiger partial charge in [0.2, 0.25) is 5.91 Å². The number of halogens is 2. The van der Waals surface area contributed by atoms with E-state index in [1.54, 1.807) is 18.2 Å². The molecule has 1 aromatic heterocycles. The highest BCUT2D eigenvalue weighted by atomic mass is 19.1. The summed E-state index contributed by atoms with van der Waals surface area (Å²) in [4.78, 5) is 14.2. The zero-order valence-electron chi connectivity index (χ0n) is 13.9. The van der Waals surface area contributed by atoms with Crippen LogP contribution in [0, 0.1) is 11.6 Å². The number of fused-ring (bicyclic) bond motifs is 1. The van der Waals surface area contributed by atoms with Gasteiger partial charge in [-0.15, -0.1) is 0 Å². The molecule has 0 aliphatic carbocycles. The van der Waals surface area contributed by atoms with Gasteiger partial charge in [-0.2, -0.15) is 0 Å². The summed E-state index contributed by atoms with van der Waals surface area (Å²) in [6.45, 7) is 1.21. The SMILES string of the molecule is O=C(Cc1noc2ccc(F)cc12)NC1CCN(c2ccccc2F)C1. The monoisotopic (exact) mass is 357 g/mol. The minimum absolute atomic E-state index is 0.00660. The molecule has 5 nitrogen and oxygen atoms in total. The van der Waals surface area contributed by atoms with Crippen LogP contribution in [0.1, 0.15) is 12.1 Å². The summed E-state index contributed by atoms with van der Waals surface area (Å²) < 4.78 is 32.4. The molecule has 1 aliphatic rings. The van der Waals surface area contributed by atoms with Crippen molar-refractivity contribution in [2.24, 2.45) is 0 Å². The molecule has 1 saturated heterocycles. The summed E-state index contributed by atoms with van der Waals surface area (Å²) in [5.74, 6) is -0.890. The van der Waals surface area contributed by atoms with E-state index in [1.807, 2.05) is 4.90 Å². The van der Waals surface area contributed by atoms with Crippen LogP contribution in [0.15, 0.2) is 47.0 Å². The van der Waals surface area contributed by atoms with Crippen LogP contribution in [0.2, 0.25) is 0 Å². The number of carbonyl (C=O) groups is 1. The molecule has 2 aromatic carbocycles. The van der Waals surface area contributed by atoms with Crippen molar-refractivity contribution >= 4 is 22.6 Å². The molecule has 1 aliphatic heterocycles. The first-order chi connectivity index (χ1) is 12.6. The number of aromatic nitrogens is 1. The van der Waals surface area contributed by atoms with Crippen LogP contribution in [-0.4, -0.2) is 30.2 Å². The van der Waals surface area contributed by atoms with E-state index in [1.165, 1.54) is 24.3 Å². The van der Waals surface area contributed by atoms with Crippen molar-refractivity contribution in [1.82, 2.24) is 10.5 Å². The Bertz CT molecular complexity index is 957. The Morgan fingerprint density at radius 3 is 2.96 bits per heavy atom. The Kier molecular flexibility index (Phi) is 4.28. The zero-order valence-corrected chi connectivity index (χ0v) is 13.9. The third-order valence-corrected chi connectivity index (χ3v) is 4.58. The molecule has 4 rings (SSSR count). The summed E-state index contributed by atoms with van der Waals surface area (Å²) in [6.07, 6.45) is 0.737. The largest absolute Gasteiger partial charge is 0.367 e. The number of rotatable bonds is 4. The number of amides is 1. The zero-order chi connectivity index (χ0) is 18.1. The maximum atomic E-state index is 13.9. The Morgan fingerprint density at radius 2 is 2.12 bits per heavy atom. The van der Waals surface area contributed by atoms with Crippen molar-refractivity contribution in [3.8, 4) is 0 Å². The van der Waals surface area contributed by atoms with E-state index in [0.717, 1.165) is 6.42 Å². The molecule has 1 fully saturated rings. The van der Waals surface area contributed by atoms with Crippen molar-refractivity contribution in [2.45, 2.75) is 18.9 Å². The number of para-hydroxylation sites is 1. The number of anilines is 1. The number of hydrogen-bond donors (Lipinski definition) is 1. The van der Waals surface area contributed by atoms with Crippen LogP contribution in [0.3, 0.4) is 0 Å². The third kappa shape index (κ3) is 3.24. The van der Waals surface area contributed by atoms with Gasteiger partial charge in [-0.1, -0.05) is 17.3 Å². The maximum absolute atomic E-state index is 13.9. The van der Waals surface area contributed by atoms with E-state index in [9.17, 15) is 13.6 Å². The summed E-state index contributed by atoms with van der Waals surface area (Å²) in [7, 11) is 0. The molecule has 1 amide bonds. The molecular formula is C19H17F2N3O2. The minimum Gasteiger partial charge on any atom is -0.367 e. The predicted octanol–water partition coefficient (Wildman–Crippen LogP) is 3.04. The second-order valence-electron chi connectivity index (χ2n) is 6.40. The molecule has 26 heavy (non-hydrogen) atoms. The molecule has 0 spiro atoms. The van der Waals surface area contributed by atoms with Crippen LogP contribution in [0.4, 0.5) is 14.5 Å². The molecule has 0 radical (unpaired) electrons. The first kappa shape index (κ1) is 16.5. The van der Waals surface area contributed by atoms with Gasteiger partial charge in [-0.25, -0.2) is 8.78 Å². The lowest BCUT2D eigenvalue weighted by Gasteiger charge is -2.19. The van der Waals surface area contributed by atoms with Gasteiger partial charge >= 0.3 is 0 Å². The van der Waals surface area contributed by atoms with Gasteiger partial charge in [0.25, 0.3) is 0 Å². The quantitative estimate of drug-likeness (QED) is 0.780.